The quantitative estimate of drug-likeness (QED) is 0.771. The number of likely N-dealkylation sites (tertiary alicyclic amines) is 1. The van der Waals surface area contributed by atoms with Crippen LogP contribution in [0.15, 0.2) is 30.3 Å². The van der Waals surface area contributed by atoms with Gasteiger partial charge in [0.2, 0.25) is 0 Å². The van der Waals surface area contributed by atoms with Crippen LogP contribution in [0, 0.1) is 0 Å². The largest absolute Gasteiger partial charge is 0.383 e. The van der Waals surface area contributed by atoms with Gasteiger partial charge in [-0.15, -0.1) is 0 Å². The second-order valence-corrected chi connectivity index (χ2v) is 4.06. The van der Waals surface area contributed by atoms with Gasteiger partial charge in [-0.25, -0.2) is 0 Å². The highest BCUT2D eigenvalue weighted by atomic mass is 16.3. The van der Waals surface area contributed by atoms with E-state index in [4.69, 9.17) is 0 Å². The lowest BCUT2D eigenvalue weighted by molar-refractivity contribution is -0.141. The monoisotopic (exact) mass is 221 g/mol. The molecular weight excluding hydrogens is 206 g/mol. The molecule has 0 spiro atoms. The van der Waals surface area contributed by atoms with Crippen LogP contribution in [0.25, 0.3) is 0 Å². The third-order valence-electron chi connectivity index (χ3n) is 2.99. The van der Waals surface area contributed by atoms with Gasteiger partial charge >= 0.3 is 0 Å². The summed E-state index contributed by atoms with van der Waals surface area (Å²) in [6, 6.07) is 9.24. The van der Waals surface area contributed by atoms with E-state index in [1.54, 1.807) is 0 Å². The molecule has 4 nitrogen and oxygen atoms in total. The van der Waals surface area contributed by atoms with E-state index in [1.165, 1.54) is 4.90 Å². The van der Waals surface area contributed by atoms with Crippen LogP contribution in [0.1, 0.15) is 24.9 Å². The third-order valence-corrected chi connectivity index (χ3v) is 2.99. The van der Waals surface area contributed by atoms with E-state index < -0.39 is 18.2 Å². The van der Waals surface area contributed by atoms with Crippen molar-refractivity contribution in [2.24, 2.45) is 0 Å². The topological polar surface area (TPSA) is 60.8 Å². The number of hydrogen-bond donors (Lipinski definition) is 2. The summed E-state index contributed by atoms with van der Waals surface area (Å²) in [5.74, 6) is -0.399. The molecule has 2 N–H and O–H groups in total. The van der Waals surface area contributed by atoms with Crippen LogP contribution in [0.3, 0.4) is 0 Å². The van der Waals surface area contributed by atoms with Crippen molar-refractivity contribution in [1.29, 1.82) is 0 Å². The zero-order chi connectivity index (χ0) is 11.7. The average molecular weight is 221 g/mol. The Morgan fingerprint density at radius 1 is 1.31 bits per heavy atom. The minimum Gasteiger partial charge on any atom is -0.383 e. The van der Waals surface area contributed by atoms with Gasteiger partial charge in [0.15, 0.2) is 0 Å². The van der Waals surface area contributed by atoms with Crippen molar-refractivity contribution in [2.75, 3.05) is 0 Å². The second-order valence-electron chi connectivity index (χ2n) is 4.06. The number of rotatable bonds is 2. The zero-order valence-corrected chi connectivity index (χ0v) is 9.08. The molecule has 1 saturated heterocycles. The number of aliphatic hydroxyl groups is 2. The van der Waals surface area contributed by atoms with Gasteiger partial charge in [0.25, 0.3) is 5.91 Å². The normalized spacial score (nSPS) is 27.2. The van der Waals surface area contributed by atoms with Crippen molar-refractivity contribution in [1.82, 2.24) is 4.90 Å². The van der Waals surface area contributed by atoms with Gasteiger partial charge in [0, 0.05) is 6.42 Å². The highest BCUT2D eigenvalue weighted by Crippen LogP contribution is 2.28. The highest BCUT2D eigenvalue weighted by Gasteiger charge is 2.40. The number of amides is 1. The molecule has 0 aromatic heterocycles. The van der Waals surface area contributed by atoms with E-state index in [0.29, 0.717) is 0 Å². The average Bonchev–Trinajstić information content (AvgIpc) is 2.54. The molecule has 1 heterocycles. The van der Waals surface area contributed by atoms with Crippen molar-refractivity contribution in [2.45, 2.75) is 31.7 Å². The maximum atomic E-state index is 11.6. The van der Waals surface area contributed by atoms with Gasteiger partial charge < -0.3 is 15.1 Å². The molecule has 0 bridgehead atoms. The molecule has 0 saturated carbocycles. The maximum absolute atomic E-state index is 11.6. The number of benzene rings is 1. The van der Waals surface area contributed by atoms with Crippen molar-refractivity contribution >= 4 is 5.91 Å². The van der Waals surface area contributed by atoms with E-state index in [9.17, 15) is 15.0 Å². The lowest BCUT2D eigenvalue weighted by Gasteiger charge is -2.27. The van der Waals surface area contributed by atoms with Crippen LogP contribution < -0.4 is 0 Å². The van der Waals surface area contributed by atoms with Crippen LogP contribution in [-0.2, 0) is 4.79 Å². The van der Waals surface area contributed by atoms with Gasteiger partial charge in [0.1, 0.15) is 12.3 Å². The van der Waals surface area contributed by atoms with Crippen LogP contribution >= 0.6 is 0 Å². The molecule has 4 heteroatoms. The molecule has 1 fully saturated rings. The first-order valence-electron chi connectivity index (χ1n) is 5.34. The highest BCUT2D eigenvalue weighted by molar-refractivity contribution is 5.83. The lowest BCUT2D eigenvalue weighted by atomic mass is 10.1. The predicted octanol–water partition coefficient (Wildman–Crippen LogP) is 0.659. The SMILES string of the molecule is CC(c1ccccc1)N1C(=O)[C@H](O)CC1O. The Bertz CT molecular complexity index is 379. The van der Waals surface area contributed by atoms with E-state index in [2.05, 4.69) is 0 Å². The molecule has 2 rings (SSSR count). The Morgan fingerprint density at radius 3 is 2.44 bits per heavy atom. The number of carbonyl (C=O) groups is 1. The van der Waals surface area contributed by atoms with Gasteiger partial charge in [-0.1, -0.05) is 30.3 Å². The fraction of sp³-hybridized carbons (Fsp3) is 0.417. The molecule has 1 aromatic rings. The number of aliphatic hydroxyl groups excluding tert-OH is 2. The summed E-state index contributed by atoms with van der Waals surface area (Å²) in [6.45, 7) is 1.84. The summed E-state index contributed by atoms with van der Waals surface area (Å²) in [7, 11) is 0. The molecule has 3 atom stereocenters. The molecule has 1 aliphatic heterocycles. The van der Waals surface area contributed by atoms with Crippen LogP contribution in [0.2, 0.25) is 0 Å². The van der Waals surface area contributed by atoms with E-state index in [0.717, 1.165) is 5.56 Å². The van der Waals surface area contributed by atoms with E-state index in [1.807, 2.05) is 37.3 Å². The van der Waals surface area contributed by atoms with Crippen molar-refractivity contribution in [3.63, 3.8) is 0 Å². The fourth-order valence-electron chi connectivity index (χ4n) is 2.07. The minimum atomic E-state index is -1.07. The summed E-state index contributed by atoms with van der Waals surface area (Å²) in [6.07, 6.45) is -1.87. The van der Waals surface area contributed by atoms with E-state index >= 15 is 0 Å². The van der Waals surface area contributed by atoms with Crippen molar-refractivity contribution in [3.05, 3.63) is 35.9 Å². The Balaban J connectivity index is 2.22. The Labute approximate surface area is 94.1 Å². The van der Waals surface area contributed by atoms with Crippen LogP contribution in [0.4, 0.5) is 0 Å². The van der Waals surface area contributed by atoms with Gasteiger partial charge in [0.05, 0.1) is 6.04 Å². The van der Waals surface area contributed by atoms with Gasteiger partial charge in [-0.2, -0.15) is 0 Å². The predicted molar refractivity (Wildman–Crippen MR) is 58.3 cm³/mol. The number of carbonyl (C=O) groups excluding carboxylic acids is 1. The Hall–Kier alpha value is -1.39. The summed E-state index contributed by atoms with van der Waals surface area (Å²) < 4.78 is 0. The molecule has 86 valence electrons. The molecule has 1 aromatic carbocycles. The van der Waals surface area contributed by atoms with Crippen LogP contribution in [0.5, 0.6) is 0 Å². The smallest absolute Gasteiger partial charge is 0.254 e. The van der Waals surface area contributed by atoms with E-state index in [-0.39, 0.29) is 12.5 Å². The zero-order valence-electron chi connectivity index (χ0n) is 9.08. The summed E-state index contributed by atoms with van der Waals surface area (Å²) in [4.78, 5) is 13.0. The lowest BCUT2D eigenvalue weighted by Crippen LogP contribution is -2.36. The Kier molecular flexibility index (Phi) is 2.94. The van der Waals surface area contributed by atoms with Crippen molar-refractivity contribution in [3.8, 4) is 0 Å². The molecule has 0 radical (unpaired) electrons. The molecule has 1 aliphatic rings. The second kappa shape index (κ2) is 4.23. The first kappa shape index (κ1) is 11.1. The number of nitrogens with zero attached hydrogens (tertiary/aromatic N) is 1. The molecule has 2 unspecified atom stereocenters. The molecular formula is C12H15NO3. The standard InChI is InChI=1S/C12H15NO3/c1-8(9-5-3-2-4-6-9)13-11(15)7-10(14)12(13)16/h2-6,8,10-11,14-15H,7H2,1H3/t8?,10-,11?/m1/s1. The third kappa shape index (κ3) is 1.81. The molecule has 0 aliphatic carbocycles. The van der Waals surface area contributed by atoms with Gasteiger partial charge in [-0.3, -0.25) is 4.79 Å². The summed E-state index contributed by atoms with van der Waals surface area (Å²) in [5, 5.41) is 19.1. The maximum Gasteiger partial charge on any atom is 0.254 e. The fourth-order valence-corrected chi connectivity index (χ4v) is 2.07. The minimum absolute atomic E-state index is 0.0933. The number of hydrogen-bond acceptors (Lipinski definition) is 3. The first-order chi connectivity index (χ1) is 7.61. The van der Waals surface area contributed by atoms with Crippen LogP contribution in [-0.4, -0.2) is 33.4 Å². The first-order valence-corrected chi connectivity index (χ1v) is 5.34. The molecule has 16 heavy (non-hydrogen) atoms. The van der Waals surface area contributed by atoms with Crippen molar-refractivity contribution < 1.29 is 15.0 Å². The summed E-state index contributed by atoms with van der Waals surface area (Å²) >= 11 is 0. The molecule has 1 amide bonds. The Morgan fingerprint density at radius 2 is 1.94 bits per heavy atom. The summed E-state index contributed by atoms with van der Waals surface area (Å²) in [5.41, 5.74) is 0.948. The van der Waals surface area contributed by atoms with Gasteiger partial charge in [-0.05, 0) is 12.5 Å².